The summed E-state index contributed by atoms with van der Waals surface area (Å²) in [5.74, 6) is 0.642. The zero-order chi connectivity index (χ0) is 10.8. The molecule has 1 heterocycles. The van der Waals surface area contributed by atoms with Crippen LogP contribution in [0.2, 0.25) is 0 Å². The van der Waals surface area contributed by atoms with E-state index in [1.807, 2.05) is 0 Å². The number of hydrogen-bond acceptors (Lipinski definition) is 4. The Hall–Kier alpha value is -1.75. The van der Waals surface area contributed by atoms with E-state index in [1.54, 1.807) is 36.0 Å². The summed E-state index contributed by atoms with van der Waals surface area (Å²) in [7, 11) is 1.75. The summed E-state index contributed by atoms with van der Waals surface area (Å²) in [6.07, 6.45) is 0. The normalized spacial score (nSPS) is 10.3. The lowest BCUT2D eigenvalue weighted by Crippen LogP contribution is -1.95. The molecule has 1 aromatic heterocycles. The van der Waals surface area contributed by atoms with Gasteiger partial charge in [-0.1, -0.05) is 12.1 Å². The van der Waals surface area contributed by atoms with Gasteiger partial charge in [-0.2, -0.15) is 0 Å². The molecule has 5 nitrogen and oxygen atoms in total. The molecule has 0 radical (unpaired) electrons. The van der Waals surface area contributed by atoms with Crippen LogP contribution in [0.3, 0.4) is 0 Å². The number of aryl methyl sites for hydroxylation is 1. The van der Waals surface area contributed by atoms with Crippen LogP contribution >= 0.6 is 11.6 Å². The number of aromatic nitrogens is 4. The van der Waals surface area contributed by atoms with Crippen molar-refractivity contribution in [3.63, 3.8) is 0 Å². The maximum atomic E-state index is 10.8. The van der Waals surface area contributed by atoms with Crippen LogP contribution in [0.15, 0.2) is 24.3 Å². The van der Waals surface area contributed by atoms with Gasteiger partial charge in [-0.3, -0.25) is 4.79 Å². The molecule has 0 saturated heterocycles. The third-order valence-electron chi connectivity index (χ3n) is 1.99. The maximum Gasteiger partial charge on any atom is 0.252 e. The minimum Gasteiger partial charge on any atom is -0.276 e. The monoisotopic (exact) mass is 222 g/mol. The summed E-state index contributed by atoms with van der Waals surface area (Å²) in [5.41, 5.74) is 1.29. The first kappa shape index (κ1) is 9.79. The molecule has 0 fully saturated rings. The van der Waals surface area contributed by atoms with E-state index in [2.05, 4.69) is 15.5 Å². The number of halogens is 1. The van der Waals surface area contributed by atoms with Gasteiger partial charge in [0.1, 0.15) is 0 Å². The van der Waals surface area contributed by atoms with Crippen molar-refractivity contribution in [2.75, 3.05) is 0 Å². The molecule has 0 saturated carbocycles. The summed E-state index contributed by atoms with van der Waals surface area (Å²) in [6.45, 7) is 0. The van der Waals surface area contributed by atoms with Gasteiger partial charge < -0.3 is 0 Å². The number of benzene rings is 1. The molecule has 2 aromatic rings. The van der Waals surface area contributed by atoms with Crippen molar-refractivity contribution >= 4 is 16.8 Å². The topological polar surface area (TPSA) is 60.7 Å². The molecule has 76 valence electrons. The van der Waals surface area contributed by atoms with Crippen LogP contribution in [0.5, 0.6) is 0 Å². The number of hydrogen-bond donors (Lipinski definition) is 0. The van der Waals surface area contributed by atoms with E-state index in [1.165, 1.54) is 0 Å². The highest BCUT2D eigenvalue weighted by Crippen LogP contribution is 2.16. The summed E-state index contributed by atoms with van der Waals surface area (Å²) in [5, 5.41) is 10.6. The van der Waals surface area contributed by atoms with Gasteiger partial charge in [0.05, 0.1) is 0 Å². The summed E-state index contributed by atoms with van der Waals surface area (Å²) < 4.78 is 1.55. The number of carbonyl (C=O) groups excluding carboxylic acids is 1. The average molecular weight is 223 g/mol. The van der Waals surface area contributed by atoms with Gasteiger partial charge in [-0.15, -0.1) is 5.10 Å². The van der Waals surface area contributed by atoms with Gasteiger partial charge in [0, 0.05) is 18.2 Å². The van der Waals surface area contributed by atoms with E-state index < -0.39 is 5.24 Å². The van der Waals surface area contributed by atoms with Crippen LogP contribution in [0, 0.1) is 0 Å². The molecule has 2 rings (SSSR count). The number of tetrazole rings is 1. The van der Waals surface area contributed by atoms with Gasteiger partial charge in [0.25, 0.3) is 5.24 Å². The quantitative estimate of drug-likeness (QED) is 0.718. The zero-order valence-electron chi connectivity index (χ0n) is 7.88. The highest BCUT2D eigenvalue weighted by Gasteiger charge is 2.06. The van der Waals surface area contributed by atoms with Crippen LogP contribution in [-0.2, 0) is 7.05 Å². The highest BCUT2D eigenvalue weighted by atomic mass is 35.5. The molecule has 15 heavy (non-hydrogen) atoms. The largest absolute Gasteiger partial charge is 0.276 e. The van der Waals surface area contributed by atoms with E-state index in [4.69, 9.17) is 11.6 Å². The Morgan fingerprint density at radius 3 is 2.47 bits per heavy atom. The Balaban J connectivity index is 2.40. The minimum absolute atomic E-state index is 0.454. The van der Waals surface area contributed by atoms with Gasteiger partial charge in [-0.25, -0.2) is 4.68 Å². The lowest BCUT2D eigenvalue weighted by molar-refractivity contribution is 0.108. The van der Waals surface area contributed by atoms with E-state index >= 15 is 0 Å². The molecule has 0 aliphatic rings. The predicted octanol–water partition coefficient (Wildman–Crippen LogP) is 1.26. The fourth-order valence-corrected chi connectivity index (χ4v) is 1.35. The van der Waals surface area contributed by atoms with Gasteiger partial charge in [0.2, 0.25) is 0 Å². The molecule has 0 bridgehead atoms. The van der Waals surface area contributed by atoms with Gasteiger partial charge >= 0.3 is 0 Å². The number of carbonyl (C=O) groups is 1. The lowest BCUT2D eigenvalue weighted by atomic mass is 10.1. The highest BCUT2D eigenvalue weighted by molar-refractivity contribution is 6.67. The van der Waals surface area contributed by atoms with E-state index in [0.29, 0.717) is 11.4 Å². The van der Waals surface area contributed by atoms with Crippen molar-refractivity contribution in [3.8, 4) is 11.4 Å². The molecular weight excluding hydrogens is 216 g/mol. The SMILES string of the molecule is Cn1nnnc1-c1ccc(C(=O)Cl)cc1. The lowest BCUT2D eigenvalue weighted by Gasteiger charge is -1.99. The first-order valence-electron chi connectivity index (χ1n) is 4.21. The predicted molar refractivity (Wildman–Crippen MR) is 54.4 cm³/mol. The van der Waals surface area contributed by atoms with Crippen LogP contribution in [0.1, 0.15) is 10.4 Å². The maximum absolute atomic E-state index is 10.8. The molecule has 0 unspecified atom stereocenters. The fourth-order valence-electron chi connectivity index (χ4n) is 1.22. The molecule has 0 aliphatic heterocycles. The van der Waals surface area contributed by atoms with Crippen molar-refractivity contribution in [2.24, 2.45) is 7.05 Å². The molecule has 1 aromatic carbocycles. The second-order valence-corrected chi connectivity index (χ2v) is 3.32. The molecular formula is C9H7ClN4O. The van der Waals surface area contributed by atoms with E-state index in [-0.39, 0.29) is 0 Å². The van der Waals surface area contributed by atoms with Crippen molar-refractivity contribution < 1.29 is 4.79 Å². The van der Waals surface area contributed by atoms with Crippen LogP contribution in [0.4, 0.5) is 0 Å². The fraction of sp³-hybridized carbons (Fsp3) is 0.111. The Kier molecular flexibility index (Phi) is 2.47. The molecule has 0 atom stereocenters. The first-order valence-corrected chi connectivity index (χ1v) is 4.59. The van der Waals surface area contributed by atoms with Crippen LogP contribution in [-0.4, -0.2) is 25.4 Å². The van der Waals surface area contributed by atoms with E-state index in [9.17, 15) is 4.79 Å². The van der Waals surface area contributed by atoms with Crippen LogP contribution in [0.25, 0.3) is 11.4 Å². The first-order chi connectivity index (χ1) is 7.18. The second-order valence-electron chi connectivity index (χ2n) is 2.98. The minimum atomic E-state index is -0.474. The zero-order valence-corrected chi connectivity index (χ0v) is 8.64. The smallest absolute Gasteiger partial charge is 0.252 e. The van der Waals surface area contributed by atoms with Gasteiger partial charge in [0.15, 0.2) is 5.82 Å². The molecule has 6 heteroatoms. The third-order valence-corrected chi connectivity index (χ3v) is 2.21. The Morgan fingerprint density at radius 1 is 1.33 bits per heavy atom. The number of nitrogens with zero attached hydrogens (tertiary/aromatic N) is 4. The molecule has 0 amide bonds. The van der Waals surface area contributed by atoms with E-state index in [0.717, 1.165) is 5.56 Å². The van der Waals surface area contributed by atoms with Crippen LogP contribution < -0.4 is 0 Å². The summed E-state index contributed by atoms with van der Waals surface area (Å²) in [4.78, 5) is 10.8. The molecule has 0 aliphatic carbocycles. The Bertz CT molecular complexity index is 491. The van der Waals surface area contributed by atoms with Crippen molar-refractivity contribution in [1.29, 1.82) is 0 Å². The summed E-state index contributed by atoms with van der Waals surface area (Å²) >= 11 is 5.33. The Morgan fingerprint density at radius 2 is 2.00 bits per heavy atom. The third kappa shape index (κ3) is 1.87. The number of rotatable bonds is 2. The van der Waals surface area contributed by atoms with Crippen molar-refractivity contribution in [3.05, 3.63) is 29.8 Å². The van der Waals surface area contributed by atoms with Crippen molar-refractivity contribution in [1.82, 2.24) is 20.2 Å². The average Bonchev–Trinajstić information content (AvgIpc) is 2.65. The molecule has 0 N–H and O–H groups in total. The summed E-state index contributed by atoms with van der Waals surface area (Å²) in [6, 6.07) is 6.78. The standard InChI is InChI=1S/C9H7ClN4O/c1-14-9(11-12-13-14)7-4-2-6(3-5-7)8(10)15/h2-5H,1H3. The van der Waals surface area contributed by atoms with Crippen molar-refractivity contribution in [2.45, 2.75) is 0 Å². The van der Waals surface area contributed by atoms with Gasteiger partial charge in [-0.05, 0) is 34.2 Å². The second kappa shape index (κ2) is 3.78. The Labute approximate surface area is 90.7 Å². The molecule has 0 spiro atoms.